The zero-order valence-corrected chi connectivity index (χ0v) is 17.2. The van der Waals surface area contributed by atoms with Gasteiger partial charge in [-0.05, 0) is 57.2 Å². The van der Waals surface area contributed by atoms with Gasteiger partial charge < -0.3 is 14.8 Å². The first-order valence-electron chi connectivity index (χ1n) is 9.87. The van der Waals surface area contributed by atoms with Gasteiger partial charge in [0.05, 0.1) is 12.7 Å². The molecule has 1 N–H and O–H groups in total. The van der Waals surface area contributed by atoms with Gasteiger partial charge in [-0.1, -0.05) is 25.0 Å². The summed E-state index contributed by atoms with van der Waals surface area (Å²) in [5.41, 5.74) is 0.706. The zero-order chi connectivity index (χ0) is 20.7. The molecule has 0 heterocycles. The van der Waals surface area contributed by atoms with E-state index in [0.29, 0.717) is 24.3 Å². The molecule has 0 saturated heterocycles. The van der Waals surface area contributed by atoms with Crippen LogP contribution in [0, 0.1) is 5.92 Å². The maximum absolute atomic E-state index is 12.3. The Morgan fingerprint density at radius 2 is 1.71 bits per heavy atom. The SMILES string of the molecule is COC(=O)[C@H](Cc1ccc(C(=O)OC(C)(C)C)cc1)NC(=O)CC1CCCC1. The Morgan fingerprint density at radius 1 is 1.11 bits per heavy atom. The zero-order valence-electron chi connectivity index (χ0n) is 17.2. The topological polar surface area (TPSA) is 81.7 Å². The first-order chi connectivity index (χ1) is 13.2. The lowest BCUT2D eigenvalue weighted by molar-refractivity contribution is -0.145. The molecule has 6 nitrogen and oxygen atoms in total. The number of hydrogen-bond acceptors (Lipinski definition) is 5. The number of hydrogen-bond donors (Lipinski definition) is 1. The van der Waals surface area contributed by atoms with Gasteiger partial charge in [0.15, 0.2) is 0 Å². The second-order valence-corrected chi connectivity index (χ2v) is 8.40. The van der Waals surface area contributed by atoms with Gasteiger partial charge in [-0.2, -0.15) is 0 Å². The maximum Gasteiger partial charge on any atom is 0.338 e. The Kier molecular flexibility index (Phi) is 7.61. The van der Waals surface area contributed by atoms with Crippen molar-refractivity contribution in [3.8, 4) is 0 Å². The summed E-state index contributed by atoms with van der Waals surface area (Å²) >= 11 is 0. The first kappa shape index (κ1) is 21.9. The Labute approximate surface area is 167 Å². The fourth-order valence-corrected chi connectivity index (χ4v) is 3.42. The van der Waals surface area contributed by atoms with E-state index in [1.807, 2.05) is 20.8 Å². The summed E-state index contributed by atoms with van der Waals surface area (Å²) in [4.78, 5) is 36.5. The van der Waals surface area contributed by atoms with Crippen molar-refractivity contribution in [3.63, 3.8) is 0 Å². The van der Waals surface area contributed by atoms with Crippen molar-refractivity contribution in [1.29, 1.82) is 0 Å². The fourth-order valence-electron chi connectivity index (χ4n) is 3.42. The Bertz CT molecular complexity index is 684. The van der Waals surface area contributed by atoms with E-state index in [9.17, 15) is 14.4 Å². The number of carbonyl (C=O) groups is 3. The van der Waals surface area contributed by atoms with Crippen molar-refractivity contribution in [1.82, 2.24) is 5.32 Å². The highest BCUT2D eigenvalue weighted by Crippen LogP contribution is 2.27. The summed E-state index contributed by atoms with van der Waals surface area (Å²) in [6.07, 6.45) is 5.23. The van der Waals surface area contributed by atoms with Crippen molar-refractivity contribution < 1.29 is 23.9 Å². The van der Waals surface area contributed by atoms with Crippen LogP contribution in [0.5, 0.6) is 0 Å². The Balaban J connectivity index is 1.98. The number of esters is 2. The van der Waals surface area contributed by atoms with Gasteiger partial charge in [0.2, 0.25) is 5.91 Å². The van der Waals surface area contributed by atoms with Gasteiger partial charge in [0, 0.05) is 12.8 Å². The highest BCUT2D eigenvalue weighted by atomic mass is 16.6. The molecule has 1 aliphatic carbocycles. The maximum atomic E-state index is 12.3. The van der Waals surface area contributed by atoms with Crippen molar-refractivity contribution in [2.45, 2.75) is 70.9 Å². The number of nitrogens with one attached hydrogen (secondary N) is 1. The lowest BCUT2D eigenvalue weighted by Gasteiger charge is -2.20. The molecule has 1 aromatic rings. The summed E-state index contributed by atoms with van der Waals surface area (Å²) in [7, 11) is 1.31. The number of carbonyl (C=O) groups excluding carboxylic acids is 3. The van der Waals surface area contributed by atoms with E-state index in [0.717, 1.165) is 18.4 Å². The largest absolute Gasteiger partial charge is 0.467 e. The van der Waals surface area contributed by atoms with E-state index >= 15 is 0 Å². The predicted molar refractivity (Wildman–Crippen MR) is 106 cm³/mol. The average Bonchev–Trinajstić information content (AvgIpc) is 3.12. The molecule has 0 radical (unpaired) electrons. The predicted octanol–water partition coefficient (Wildman–Crippen LogP) is 3.42. The van der Waals surface area contributed by atoms with Gasteiger partial charge in [-0.3, -0.25) is 4.79 Å². The number of amides is 1. The van der Waals surface area contributed by atoms with E-state index in [2.05, 4.69) is 5.32 Å². The molecule has 1 aromatic carbocycles. The van der Waals surface area contributed by atoms with Crippen LogP contribution in [0.4, 0.5) is 0 Å². The van der Waals surface area contributed by atoms with Crippen LogP contribution in [0.25, 0.3) is 0 Å². The normalized spacial score (nSPS) is 15.7. The van der Waals surface area contributed by atoms with Crippen molar-refractivity contribution in [2.24, 2.45) is 5.92 Å². The molecule has 1 fully saturated rings. The van der Waals surface area contributed by atoms with Gasteiger partial charge in [0.1, 0.15) is 11.6 Å². The second kappa shape index (κ2) is 9.71. The minimum absolute atomic E-state index is 0.118. The van der Waals surface area contributed by atoms with E-state index in [1.54, 1.807) is 24.3 Å². The van der Waals surface area contributed by atoms with Crippen molar-refractivity contribution in [2.75, 3.05) is 7.11 Å². The number of ether oxygens (including phenoxy) is 2. The monoisotopic (exact) mass is 389 g/mol. The fraction of sp³-hybridized carbons (Fsp3) is 0.591. The molecule has 1 atom stereocenters. The Morgan fingerprint density at radius 3 is 2.25 bits per heavy atom. The first-order valence-corrected chi connectivity index (χ1v) is 9.87. The van der Waals surface area contributed by atoms with E-state index < -0.39 is 23.6 Å². The lowest BCUT2D eigenvalue weighted by atomic mass is 10.0. The van der Waals surface area contributed by atoms with Crippen LogP contribution >= 0.6 is 0 Å². The summed E-state index contributed by atoms with van der Waals surface area (Å²) in [5.74, 6) is -0.580. The van der Waals surface area contributed by atoms with Crippen LogP contribution in [0.3, 0.4) is 0 Å². The molecule has 0 aliphatic heterocycles. The number of benzene rings is 1. The van der Waals surface area contributed by atoms with Gasteiger partial charge in [0.25, 0.3) is 0 Å². The number of methoxy groups -OCH3 is 1. The number of rotatable bonds is 7. The van der Waals surface area contributed by atoms with Crippen LogP contribution in [0.1, 0.15) is 68.8 Å². The minimum Gasteiger partial charge on any atom is -0.467 e. The second-order valence-electron chi connectivity index (χ2n) is 8.40. The molecule has 0 unspecified atom stereocenters. The summed E-state index contributed by atoms with van der Waals surface area (Å²) in [6, 6.07) is 6.11. The van der Waals surface area contributed by atoms with Gasteiger partial charge in [-0.15, -0.1) is 0 Å². The lowest BCUT2D eigenvalue weighted by Crippen LogP contribution is -2.43. The van der Waals surface area contributed by atoms with E-state index in [4.69, 9.17) is 9.47 Å². The van der Waals surface area contributed by atoms with Gasteiger partial charge in [-0.25, -0.2) is 9.59 Å². The van der Waals surface area contributed by atoms with Crippen molar-refractivity contribution >= 4 is 17.8 Å². The molecule has 1 aliphatic rings. The quantitative estimate of drug-likeness (QED) is 0.723. The average molecular weight is 389 g/mol. The molecule has 6 heteroatoms. The summed E-state index contributed by atoms with van der Waals surface area (Å²) in [5, 5.41) is 2.81. The van der Waals surface area contributed by atoms with Crippen LogP contribution in [0.2, 0.25) is 0 Å². The van der Waals surface area contributed by atoms with Crippen LogP contribution in [0.15, 0.2) is 24.3 Å². The third-order valence-corrected chi connectivity index (χ3v) is 4.80. The molecule has 28 heavy (non-hydrogen) atoms. The molecular formula is C22H31NO5. The highest BCUT2D eigenvalue weighted by molar-refractivity contribution is 5.89. The molecule has 0 bridgehead atoms. The summed E-state index contributed by atoms with van der Waals surface area (Å²) < 4.78 is 10.2. The van der Waals surface area contributed by atoms with E-state index in [-0.39, 0.29) is 5.91 Å². The van der Waals surface area contributed by atoms with Crippen LogP contribution in [-0.4, -0.2) is 36.6 Å². The molecule has 1 amide bonds. The third-order valence-electron chi connectivity index (χ3n) is 4.80. The minimum atomic E-state index is -0.744. The molecule has 2 rings (SSSR count). The van der Waals surface area contributed by atoms with Crippen LogP contribution in [-0.2, 0) is 25.5 Å². The molecular weight excluding hydrogens is 358 g/mol. The molecule has 0 spiro atoms. The highest BCUT2D eigenvalue weighted by Gasteiger charge is 2.25. The third kappa shape index (κ3) is 6.98. The van der Waals surface area contributed by atoms with Crippen molar-refractivity contribution in [3.05, 3.63) is 35.4 Å². The molecule has 0 aromatic heterocycles. The van der Waals surface area contributed by atoms with E-state index in [1.165, 1.54) is 20.0 Å². The molecule has 1 saturated carbocycles. The smallest absolute Gasteiger partial charge is 0.338 e. The van der Waals surface area contributed by atoms with Crippen LogP contribution < -0.4 is 5.32 Å². The van der Waals surface area contributed by atoms with Gasteiger partial charge >= 0.3 is 11.9 Å². The Hall–Kier alpha value is -2.37. The standard InChI is InChI=1S/C22H31NO5/c1-22(2,3)28-20(25)17-11-9-16(10-12-17)13-18(21(26)27-4)23-19(24)14-15-7-5-6-8-15/h9-12,15,18H,5-8,13-14H2,1-4H3,(H,23,24)/t18-/m0/s1. The molecule has 154 valence electrons. The summed E-state index contributed by atoms with van der Waals surface area (Å²) in [6.45, 7) is 5.44.